The van der Waals surface area contributed by atoms with Crippen molar-refractivity contribution < 1.29 is 0 Å². The fourth-order valence-corrected chi connectivity index (χ4v) is 1.60. The van der Waals surface area contributed by atoms with Crippen LogP contribution >= 0.6 is 38.5 Å². The summed E-state index contributed by atoms with van der Waals surface area (Å²) < 4.78 is 3.46. The third kappa shape index (κ3) is 1.76. The number of nitrogens with zero attached hydrogens (tertiary/aromatic N) is 3. The highest BCUT2D eigenvalue weighted by atomic mass is 127. The number of halogens is 2. The lowest BCUT2D eigenvalue weighted by molar-refractivity contribution is 0.856. The highest BCUT2D eigenvalue weighted by Gasteiger charge is 2.06. The maximum absolute atomic E-state index is 5.81. The first-order valence-corrected chi connectivity index (χ1v) is 5.66. The van der Waals surface area contributed by atoms with Crippen LogP contribution in [-0.2, 0) is 0 Å². The summed E-state index contributed by atoms with van der Waals surface area (Å²) in [5, 5.41) is 4.12. The second-order valence-electron chi connectivity index (χ2n) is 2.62. The Morgan fingerprint density at radius 3 is 2.64 bits per heavy atom. The van der Waals surface area contributed by atoms with Gasteiger partial charge in [0.25, 0.3) is 0 Å². The molecule has 2 aromatic heterocycles. The number of aromatic nitrogens is 3. The summed E-state index contributed by atoms with van der Waals surface area (Å²) in [5.41, 5.74) is 5.81. The van der Waals surface area contributed by atoms with Gasteiger partial charge in [0.15, 0.2) is 5.82 Å². The summed E-state index contributed by atoms with van der Waals surface area (Å²) in [6.45, 7) is 0. The molecule has 2 heterocycles. The molecule has 0 saturated heterocycles. The van der Waals surface area contributed by atoms with Crippen molar-refractivity contribution in [1.82, 2.24) is 14.8 Å². The van der Waals surface area contributed by atoms with E-state index >= 15 is 0 Å². The van der Waals surface area contributed by atoms with Crippen LogP contribution in [0.5, 0.6) is 0 Å². The van der Waals surface area contributed by atoms with Gasteiger partial charge in [0.1, 0.15) is 5.82 Å². The molecule has 0 bridgehead atoms. The molecule has 0 amide bonds. The van der Waals surface area contributed by atoms with Gasteiger partial charge >= 0.3 is 0 Å². The molecule has 0 aliphatic carbocycles. The highest BCUT2D eigenvalue weighted by Crippen LogP contribution is 2.18. The molecule has 0 fully saturated rings. The minimum Gasteiger partial charge on any atom is -0.383 e. The van der Waals surface area contributed by atoms with Gasteiger partial charge in [-0.25, -0.2) is 4.98 Å². The zero-order valence-electron chi connectivity index (χ0n) is 6.98. The molecule has 0 unspecified atom stereocenters. The van der Waals surface area contributed by atoms with Gasteiger partial charge in [-0.05, 0) is 50.7 Å². The second-order valence-corrected chi connectivity index (χ2v) is 4.70. The predicted molar refractivity (Wildman–Crippen MR) is 66.2 cm³/mol. The molecule has 0 saturated carbocycles. The molecule has 2 aromatic rings. The lowest BCUT2D eigenvalue weighted by Crippen LogP contribution is -2.03. The van der Waals surface area contributed by atoms with Crippen LogP contribution in [-0.4, -0.2) is 14.8 Å². The van der Waals surface area contributed by atoms with E-state index in [9.17, 15) is 0 Å². The van der Waals surface area contributed by atoms with Crippen molar-refractivity contribution >= 4 is 44.3 Å². The lowest BCUT2D eigenvalue weighted by Gasteiger charge is -2.02. The Hall–Kier alpha value is -0.630. The topological polar surface area (TPSA) is 56.7 Å². The molecule has 2 N–H and O–H groups in total. The Kier molecular flexibility index (Phi) is 2.73. The Bertz CT molecular complexity index is 451. The Balaban J connectivity index is 2.49. The van der Waals surface area contributed by atoms with Crippen LogP contribution in [0.3, 0.4) is 0 Å². The van der Waals surface area contributed by atoms with Gasteiger partial charge in [0, 0.05) is 10.7 Å². The van der Waals surface area contributed by atoms with Crippen LogP contribution in [0.15, 0.2) is 29.0 Å². The first-order chi connectivity index (χ1) is 6.68. The second kappa shape index (κ2) is 3.85. The van der Waals surface area contributed by atoms with Crippen LogP contribution in [0, 0.1) is 3.57 Å². The molecular formula is C8H6BrIN4. The SMILES string of the molecule is Nc1c(I)cnn1-c1ccc(Br)cn1. The Morgan fingerprint density at radius 2 is 2.14 bits per heavy atom. The fraction of sp³-hybridized carbons (Fsp3) is 0. The lowest BCUT2D eigenvalue weighted by atomic mass is 10.4. The predicted octanol–water partition coefficient (Wildman–Crippen LogP) is 2.22. The van der Waals surface area contributed by atoms with E-state index < -0.39 is 0 Å². The largest absolute Gasteiger partial charge is 0.383 e. The zero-order valence-corrected chi connectivity index (χ0v) is 10.7. The first kappa shape index (κ1) is 9.91. The monoisotopic (exact) mass is 364 g/mol. The van der Waals surface area contributed by atoms with Crippen molar-refractivity contribution in [3.63, 3.8) is 0 Å². The Labute approximate surface area is 103 Å². The van der Waals surface area contributed by atoms with Crippen molar-refractivity contribution in [2.24, 2.45) is 0 Å². The average molecular weight is 365 g/mol. The van der Waals surface area contributed by atoms with E-state index in [0.717, 1.165) is 8.04 Å². The van der Waals surface area contributed by atoms with Gasteiger partial charge in [-0.3, -0.25) is 0 Å². The first-order valence-electron chi connectivity index (χ1n) is 3.79. The average Bonchev–Trinajstić information content (AvgIpc) is 2.50. The summed E-state index contributed by atoms with van der Waals surface area (Å²) in [4.78, 5) is 4.19. The Morgan fingerprint density at radius 1 is 1.36 bits per heavy atom. The van der Waals surface area contributed by atoms with Gasteiger partial charge in [0.2, 0.25) is 0 Å². The molecule has 0 radical (unpaired) electrons. The number of anilines is 1. The number of rotatable bonds is 1. The fourth-order valence-electron chi connectivity index (χ4n) is 1.01. The van der Waals surface area contributed by atoms with Crippen LogP contribution in [0.1, 0.15) is 0 Å². The molecule has 0 spiro atoms. The van der Waals surface area contributed by atoms with Crippen molar-refractivity contribution in [2.75, 3.05) is 5.73 Å². The van der Waals surface area contributed by atoms with E-state index in [1.54, 1.807) is 17.1 Å². The van der Waals surface area contributed by atoms with Crippen molar-refractivity contribution in [1.29, 1.82) is 0 Å². The smallest absolute Gasteiger partial charge is 0.155 e. The molecule has 14 heavy (non-hydrogen) atoms. The van der Waals surface area contributed by atoms with E-state index in [4.69, 9.17) is 5.73 Å². The molecule has 0 atom stereocenters. The summed E-state index contributed by atoms with van der Waals surface area (Å²) in [7, 11) is 0. The molecule has 2 rings (SSSR count). The van der Waals surface area contributed by atoms with E-state index in [0.29, 0.717) is 11.6 Å². The standard InChI is InChI=1S/C8H6BrIN4/c9-5-1-2-7(12-3-5)14-8(11)6(10)4-13-14/h1-4H,11H2. The van der Waals surface area contributed by atoms with E-state index in [1.165, 1.54) is 0 Å². The van der Waals surface area contributed by atoms with Crippen LogP contribution in [0.2, 0.25) is 0 Å². The number of nitrogens with two attached hydrogens (primary N) is 1. The minimum atomic E-state index is 0.612. The van der Waals surface area contributed by atoms with Crippen LogP contribution < -0.4 is 5.73 Å². The summed E-state index contributed by atoms with van der Waals surface area (Å²) in [6.07, 6.45) is 3.42. The zero-order chi connectivity index (χ0) is 10.1. The van der Waals surface area contributed by atoms with Crippen molar-refractivity contribution in [3.05, 3.63) is 32.6 Å². The minimum absolute atomic E-state index is 0.612. The van der Waals surface area contributed by atoms with Crippen LogP contribution in [0.4, 0.5) is 5.82 Å². The summed E-state index contributed by atoms with van der Waals surface area (Å²) in [5.74, 6) is 1.33. The van der Waals surface area contributed by atoms with Gasteiger partial charge in [0.05, 0.1) is 9.77 Å². The molecule has 0 aliphatic heterocycles. The van der Waals surface area contributed by atoms with E-state index in [2.05, 4.69) is 48.6 Å². The number of hydrogen-bond donors (Lipinski definition) is 1. The number of hydrogen-bond acceptors (Lipinski definition) is 3. The quantitative estimate of drug-likeness (QED) is 0.789. The van der Waals surface area contributed by atoms with Crippen LogP contribution in [0.25, 0.3) is 5.82 Å². The van der Waals surface area contributed by atoms with Gasteiger partial charge < -0.3 is 5.73 Å². The maximum atomic E-state index is 5.81. The molecule has 0 aromatic carbocycles. The van der Waals surface area contributed by atoms with Gasteiger partial charge in [-0.15, -0.1) is 0 Å². The summed E-state index contributed by atoms with van der Waals surface area (Å²) in [6, 6.07) is 3.75. The highest BCUT2D eigenvalue weighted by molar-refractivity contribution is 14.1. The van der Waals surface area contributed by atoms with E-state index in [1.807, 2.05) is 12.1 Å². The van der Waals surface area contributed by atoms with Crippen molar-refractivity contribution in [2.45, 2.75) is 0 Å². The molecular weight excluding hydrogens is 359 g/mol. The molecule has 72 valence electrons. The maximum Gasteiger partial charge on any atom is 0.155 e. The molecule has 0 aliphatic rings. The molecule has 4 nitrogen and oxygen atoms in total. The van der Waals surface area contributed by atoms with Crippen molar-refractivity contribution in [3.8, 4) is 5.82 Å². The van der Waals surface area contributed by atoms with E-state index in [-0.39, 0.29) is 0 Å². The molecule has 6 heteroatoms. The third-order valence-electron chi connectivity index (χ3n) is 1.69. The van der Waals surface area contributed by atoms with Gasteiger partial charge in [-0.1, -0.05) is 0 Å². The number of pyridine rings is 1. The summed E-state index contributed by atoms with van der Waals surface area (Å²) >= 11 is 5.45. The van der Waals surface area contributed by atoms with Gasteiger partial charge in [-0.2, -0.15) is 9.78 Å². The normalized spacial score (nSPS) is 10.4. The third-order valence-corrected chi connectivity index (χ3v) is 2.99. The number of nitrogen functional groups attached to an aromatic ring is 1.